The molecule has 100 valence electrons. The predicted octanol–water partition coefficient (Wildman–Crippen LogP) is 3.85. The molecule has 19 heavy (non-hydrogen) atoms. The van der Waals surface area contributed by atoms with Crippen molar-refractivity contribution in [1.29, 1.82) is 0 Å². The van der Waals surface area contributed by atoms with Crippen molar-refractivity contribution < 1.29 is 4.74 Å². The Morgan fingerprint density at radius 1 is 1.26 bits per heavy atom. The first-order chi connectivity index (χ1) is 9.11. The van der Waals surface area contributed by atoms with Crippen molar-refractivity contribution >= 4 is 23.0 Å². The summed E-state index contributed by atoms with van der Waals surface area (Å²) in [6, 6.07) is 11.4. The molecule has 0 saturated carbocycles. The van der Waals surface area contributed by atoms with Crippen molar-refractivity contribution in [2.75, 3.05) is 18.2 Å². The average molecular weight is 277 g/mol. The number of ether oxygens (including phenoxy) is 1. The van der Waals surface area contributed by atoms with E-state index in [1.165, 1.54) is 0 Å². The lowest BCUT2D eigenvalue weighted by atomic mass is 10.1. The molecule has 0 unspecified atom stereocenters. The average Bonchev–Trinajstić information content (AvgIpc) is 2.40. The smallest absolute Gasteiger partial charge is 0.125 e. The molecule has 2 aromatic rings. The van der Waals surface area contributed by atoms with Gasteiger partial charge in [0.15, 0.2) is 0 Å². The fourth-order valence-corrected chi connectivity index (χ4v) is 2.15. The number of aryl methyl sites for hydroxylation is 1. The van der Waals surface area contributed by atoms with Gasteiger partial charge in [-0.1, -0.05) is 23.7 Å². The summed E-state index contributed by atoms with van der Waals surface area (Å²) in [4.78, 5) is 0. The highest BCUT2D eigenvalue weighted by Gasteiger charge is 2.08. The minimum Gasteiger partial charge on any atom is -0.496 e. The van der Waals surface area contributed by atoms with Crippen LogP contribution in [0, 0.1) is 6.92 Å². The van der Waals surface area contributed by atoms with Crippen LogP contribution in [-0.2, 0) is 6.54 Å². The SMILES string of the molecule is COc1cccc(Cl)c1CNc1cc(N)ccc1C. The molecular formula is C15H17ClN2O. The standard InChI is InChI=1S/C15H17ClN2O/c1-10-6-7-11(17)8-14(10)18-9-12-13(16)4-3-5-15(12)19-2/h3-8,18H,9,17H2,1-2H3. The third-order valence-electron chi connectivity index (χ3n) is 3.01. The Kier molecular flexibility index (Phi) is 4.17. The monoisotopic (exact) mass is 276 g/mol. The summed E-state index contributed by atoms with van der Waals surface area (Å²) in [5.74, 6) is 0.779. The maximum Gasteiger partial charge on any atom is 0.125 e. The molecule has 0 heterocycles. The number of benzene rings is 2. The van der Waals surface area contributed by atoms with Gasteiger partial charge in [-0.3, -0.25) is 0 Å². The van der Waals surface area contributed by atoms with E-state index in [-0.39, 0.29) is 0 Å². The number of anilines is 2. The minimum absolute atomic E-state index is 0.590. The van der Waals surface area contributed by atoms with Crippen LogP contribution in [0.15, 0.2) is 36.4 Å². The van der Waals surface area contributed by atoms with Gasteiger partial charge in [0.05, 0.1) is 7.11 Å². The fraction of sp³-hybridized carbons (Fsp3) is 0.200. The largest absolute Gasteiger partial charge is 0.496 e. The zero-order valence-electron chi connectivity index (χ0n) is 11.0. The predicted molar refractivity (Wildman–Crippen MR) is 80.9 cm³/mol. The number of nitrogens with one attached hydrogen (secondary N) is 1. The molecule has 0 aliphatic carbocycles. The molecule has 0 saturated heterocycles. The molecule has 0 atom stereocenters. The maximum absolute atomic E-state index is 6.20. The second-order valence-electron chi connectivity index (χ2n) is 4.35. The van der Waals surface area contributed by atoms with Crippen LogP contribution in [0.3, 0.4) is 0 Å². The van der Waals surface area contributed by atoms with Crippen molar-refractivity contribution in [2.45, 2.75) is 13.5 Å². The van der Waals surface area contributed by atoms with E-state index in [1.807, 2.05) is 43.3 Å². The van der Waals surface area contributed by atoms with E-state index in [4.69, 9.17) is 22.1 Å². The van der Waals surface area contributed by atoms with E-state index in [2.05, 4.69) is 5.32 Å². The molecular weight excluding hydrogens is 260 g/mol. The van der Waals surface area contributed by atoms with Crippen LogP contribution < -0.4 is 15.8 Å². The molecule has 0 amide bonds. The number of halogens is 1. The Balaban J connectivity index is 2.21. The van der Waals surface area contributed by atoms with Crippen molar-refractivity contribution in [2.24, 2.45) is 0 Å². The summed E-state index contributed by atoms with van der Waals surface area (Å²) in [6.45, 7) is 2.62. The van der Waals surface area contributed by atoms with Gasteiger partial charge in [-0.25, -0.2) is 0 Å². The number of rotatable bonds is 4. The number of nitrogen functional groups attached to an aromatic ring is 1. The zero-order chi connectivity index (χ0) is 13.8. The van der Waals surface area contributed by atoms with Crippen LogP contribution in [0.2, 0.25) is 5.02 Å². The van der Waals surface area contributed by atoms with Gasteiger partial charge < -0.3 is 15.8 Å². The summed E-state index contributed by atoms with van der Waals surface area (Å²) in [6.07, 6.45) is 0. The Bertz CT molecular complexity index is 584. The van der Waals surface area contributed by atoms with Crippen molar-refractivity contribution in [1.82, 2.24) is 0 Å². The summed E-state index contributed by atoms with van der Waals surface area (Å²) >= 11 is 6.20. The van der Waals surface area contributed by atoms with Crippen molar-refractivity contribution in [3.8, 4) is 5.75 Å². The van der Waals surface area contributed by atoms with Crippen LogP contribution in [0.1, 0.15) is 11.1 Å². The Labute approximate surface area is 118 Å². The third kappa shape index (κ3) is 3.12. The van der Waals surface area contributed by atoms with E-state index < -0.39 is 0 Å². The molecule has 2 aromatic carbocycles. The normalized spacial score (nSPS) is 10.3. The number of methoxy groups -OCH3 is 1. The molecule has 0 aliphatic heterocycles. The molecule has 0 fully saturated rings. The summed E-state index contributed by atoms with van der Waals surface area (Å²) in [5.41, 5.74) is 9.61. The molecule has 0 aliphatic rings. The highest BCUT2D eigenvalue weighted by atomic mass is 35.5. The van der Waals surface area contributed by atoms with E-state index in [0.717, 1.165) is 28.3 Å². The highest BCUT2D eigenvalue weighted by Crippen LogP contribution is 2.28. The van der Waals surface area contributed by atoms with Crippen LogP contribution in [0.4, 0.5) is 11.4 Å². The van der Waals surface area contributed by atoms with Crippen LogP contribution >= 0.6 is 11.6 Å². The Morgan fingerprint density at radius 2 is 2.05 bits per heavy atom. The van der Waals surface area contributed by atoms with Gasteiger partial charge in [-0.05, 0) is 36.8 Å². The second kappa shape index (κ2) is 5.85. The molecule has 3 N–H and O–H groups in total. The van der Waals surface area contributed by atoms with Gasteiger partial charge in [0.2, 0.25) is 0 Å². The zero-order valence-corrected chi connectivity index (χ0v) is 11.8. The first-order valence-corrected chi connectivity index (χ1v) is 6.41. The molecule has 0 bridgehead atoms. The van der Waals surface area contributed by atoms with Crippen LogP contribution in [0.25, 0.3) is 0 Å². The maximum atomic E-state index is 6.20. The lowest BCUT2D eigenvalue weighted by Crippen LogP contribution is -2.04. The fourth-order valence-electron chi connectivity index (χ4n) is 1.92. The van der Waals surface area contributed by atoms with Gasteiger partial charge in [0.1, 0.15) is 5.75 Å². The van der Waals surface area contributed by atoms with Gasteiger partial charge in [0, 0.05) is 28.5 Å². The Hall–Kier alpha value is -1.87. The molecule has 0 spiro atoms. The Morgan fingerprint density at radius 3 is 2.79 bits per heavy atom. The van der Waals surface area contributed by atoms with Gasteiger partial charge in [-0.15, -0.1) is 0 Å². The van der Waals surface area contributed by atoms with Crippen LogP contribution in [0.5, 0.6) is 5.75 Å². The first kappa shape index (κ1) is 13.6. The lowest BCUT2D eigenvalue weighted by Gasteiger charge is -2.14. The molecule has 2 rings (SSSR count). The third-order valence-corrected chi connectivity index (χ3v) is 3.37. The molecule has 0 radical (unpaired) electrons. The second-order valence-corrected chi connectivity index (χ2v) is 4.76. The van der Waals surface area contributed by atoms with Gasteiger partial charge in [0.25, 0.3) is 0 Å². The minimum atomic E-state index is 0.590. The molecule has 0 aromatic heterocycles. The van der Waals surface area contributed by atoms with Gasteiger partial charge in [-0.2, -0.15) is 0 Å². The van der Waals surface area contributed by atoms with Crippen molar-refractivity contribution in [3.63, 3.8) is 0 Å². The van der Waals surface area contributed by atoms with Crippen molar-refractivity contribution in [3.05, 3.63) is 52.5 Å². The summed E-state index contributed by atoms with van der Waals surface area (Å²) in [7, 11) is 1.64. The highest BCUT2D eigenvalue weighted by molar-refractivity contribution is 6.31. The van der Waals surface area contributed by atoms with Gasteiger partial charge >= 0.3 is 0 Å². The summed E-state index contributed by atoms with van der Waals surface area (Å²) in [5, 5.41) is 4.03. The first-order valence-electron chi connectivity index (χ1n) is 6.03. The molecule has 4 heteroatoms. The quantitative estimate of drug-likeness (QED) is 0.834. The lowest BCUT2D eigenvalue weighted by molar-refractivity contribution is 0.410. The molecule has 3 nitrogen and oxygen atoms in total. The van der Waals surface area contributed by atoms with E-state index in [9.17, 15) is 0 Å². The van der Waals surface area contributed by atoms with Crippen LogP contribution in [-0.4, -0.2) is 7.11 Å². The summed E-state index contributed by atoms with van der Waals surface area (Å²) < 4.78 is 5.32. The number of hydrogen-bond donors (Lipinski definition) is 2. The topological polar surface area (TPSA) is 47.3 Å². The number of nitrogens with two attached hydrogens (primary N) is 1. The van der Waals surface area contributed by atoms with E-state index >= 15 is 0 Å². The van der Waals surface area contributed by atoms with E-state index in [1.54, 1.807) is 7.11 Å². The number of hydrogen-bond acceptors (Lipinski definition) is 3. The van der Waals surface area contributed by atoms with E-state index in [0.29, 0.717) is 11.6 Å².